The van der Waals surface area contributed by atoms with Gasteiger partial charge in [0.1, 0.15) is 0 Å². The Morgan fingerprint density at radius 2 is 2.14 bits per heavy atom. The monoisotopic (exact) mass is 411 g/mol. The fourth-order valence-corrected chi connectivity index (χ4v) is 3.84. The van der Waals surface area contributed by atoms with Crippen molar-refractivity contribution in [1.29, 1.82) is 0 Å². The van der Waals surface area contributed by atoms with Crippen molar-refractivity contribution in [2.45, 2.75) is 0 Å². The molecule has 2 heterocycles. The molecule has 2 aromatic carbocycles. The first-order chi connectivity index (χ1) is 13.9. The van der Waals surface area contributed by atoms with Crippen LogP contribution < -0.4 is 20.6 Å². The minimum atomic E-state index is -0.846. The van der Waals surface area contributed by atoms with Gasteiger partial charge in [0.05, 0.1) is 17.3 Å². The van der Waals surface area contributed by atoms with E-state index in [9.17, 15) is 19.1 Å². The molecule has 1 amide bonds. The molecular weight excluding hydrogens is 397 g/mol. The zero-order chi connectivity index (χ0) is 20.7. The Bertz CT molecular complexity index is 1380. The van der Waals surface area contributed by atoms with Gasteiger partial charge in [0.25, 0.3) is 5.56 Å². The Hall–Kier alpha value is -3.72. The van der Waals surface area contributed by atoms with Gasteiger partial charge in [-0.05, 0) is 35.9 Å². The molecule has 9 heteroatoms. The summed E-state index contributed by atoms with van der Waals surface area (Å²) in [4.78, 5) is 29.0. The molecule has 0 aliphatic rings. The lowest BCUT2D eigenvalue weighted by molar-refractivity contribution is 0.100. The van der Waals surface area contributed by atoms with Crippen LogP contribution in [0.25, 0.3) is 22.3 Å². The highest BCUT2D eigenvalue weighted by Crippen LogP contribution is 2.30. The number of methoxy groups -OCH3 is 1. The van der Waals surface area contributed by atoms with E-state index in [1.165, 1.54) is 23.7 Å². The summed E-state index contributed by atoms with van der Waals surface area (Å²) in [6, 6.07) is 9.20. The second-order valence-corrected chi connectivity index (χ2v) is 7.20. The second-order valence-electron chi connectivity index (χ2n) is 6.19. The SMILES string of the molecule is COc1cc(C=c2sc3nc(-c4cccc(C(N)=O)c4)cn3c2=O)cc(F)c1O. The van der Waals surface area contributed by atoms with E-state index < -0.39 is 17.5 Å². The van der Waals surface area contributed by atoms with E-state index in [2.05, 4.69) is 4.98 Å². The Labute approximate surface area is 167 Å². The maximum atomic E-state index is 13.8. The summed E-state index contributed by atoms with van der Waals surface area (Å²) in [5.41, 5.74) is 6.89. The molecule has 3 N–H and O–H groups in total. The van der Waals surface area contributed by atoms with Crippen LogP contribution >= 0.6 is 11.3 Å². The number of benzene rings is 2. The van der Waals surface area contributed by atoms with Crippen molar-refractivity contribution in [3.8, 4) is 22.8 Å². The molecule has 0 aliphatic carbocycles. The predicted octanol–water partition coefficient (Wildman–Crippen LogP) is 1.92. The van der Waals surface area contributed by atoms with Gasteiger partial charge >= 0.3 is 0 Å². The Morgan fingerprint density at radius 3 is 2.83 bits per heavy atom. The molecule has 4 aromatic rings. The lowest BCUT2D eigenvalue weighted by atomic mass is 10.1. The molecule has 0 atom stereocenters. The van der Waals surface area contributed by atoms with Crippen LogP contribution in [0, 0.1) is 5.82 Å². The highest BCUT2D eigenvalue weighted by molar-refractivity contribution is 7.15. The van der Waals surface area contributed by atoms with Crippen LogP contribution in [0.5, 0.6) is 11.5 Å². The van der Waals surface area contributed by atoms with Crippen molar-refractivity contribution < 1.29 is 19.0 Å². The van der Waals surface area contributed by atoms with E-state index in [4.69, 9.17) is 10.5 Å². The number of primary amides is 1. The number of hydrogen-bond acceptors (Lipinski definition) is 6. The molecule has 29 heavy (non-hydrogen) atoms. The fraction of sp³-hybridized carbons (Fsp3) is 0.0500. The molecule has 0 aliphatic heterocycles. The summed E-state index contributed by atoms with van der Waals surface area (Å²) in [7, 11) is 1.31. The Kier molecular flexibility index (Phi) is 4.51. The highest BCUT2D eigenvalue weighted by atomic mass is 32.1. The maximum Gasteiger partial charge on any atom is 0.274 e. The van der Waals surface area contributed by atoms with Crippen molar-refractivity contribution in [3.05, 3.63) is 74.4 Å². The number of aromatic hydroxyl groups is 1. The number of nitrogens with two attached hydrogens (primary N) is 1. The van der Waals surface area contributed by atoms with Gasteiger partial charge in [0, 0.05) is 17.3 Å². The first kappa shape index (κ1) is 18.6. The van der Waals surface area contributed by atoms with Crippen LogP contribution in [-0.2, 0) is 0 Å². The highest BCUT2D eigenvalue weighted by Gasteiger charge is 2.13. The zero-order valence-electron chi connectivity index (χ0n) is 15.0. The van der Waals surface area contributed by atoms with Crippen molar-refractivity contribution in [2.24, 2.45) is 5.73 Å². The topological polar surface area (TPSA) is 107 Å². The molecule has 0 radical (unpaired) electrons. The quantitative estimate of drug-likeness (QED) is 0.534. The minimum absolute atomic E-state index is 0.0262. The van der Waals surface area contributed by atoms with E-state index >= 15 is 0 Å². The number of rotatable bonds is 4. The molecule has 0 fully saturated rings. The number of phenols is 1. The van der Waals surface area contributed by atoms with Crippen LogP contribution in [0.1, 0.15) is 15.9 Å². The third kappa shape index (κ3) is 3.32. The summed E-state index contributed by atoms with van der Waals surface area (Å²) in [5.74, 6) is -2.01. The third-order valence-electron chi connectivity index (χ3n) is 4.32. The van der Waals surface area contributed by atoms with E-state index in [0.29, 0.717) is 31.9 Å². The molecule has 2 aromatic heterocycles. The summed E-state index contributed by atoms with van der Waals surface area (Å²) >= 11 is 1.13. The number of imidazole rings is 1. The first-order valence-electron chi connectivity index (χ1n) is 8.37. The number of hydrogen-bond donors (Lipinski definition) is 2. The summed E-state index contributed by atoms with van der Waals surface area (Å²) in [5, 5.41) is 9.60. The fourth-order valence-electron chi connectivity index (χ4n) is 2.89. The van der Waals surface area contributed by atoms with E-state index in [1.807, 2.05) is 0 Å². The number of phenolic OH excluding ortho intramolecular Hbond substituents is 1. The molecule has 0 saturated heterocycles. The molecule has 7 nitrogen and oxygen atoms in total. The standard InChI is InChI=1S/C20H14FN3O4S/c1-28-15-6-10(5-13(21)17(15)25)7-16-19(27)24-9-14(23-20(24)29-16)11-3-2-4-12(8-11)18(22)26/h2-9,25H,1H3,(H2,22,26). The Balaban J connectivity index is 1.79. The third-order valence-corrected chi connectivity index (χ3v) is 5.30. The van der Waals surface area contributed by atoms with Crippen molar-refractivity contribution >= 4 is 28.3 Å². The number of carbonyl (C=O) groups is 1. The minimum Gasteiger partial charge on any atom is -0.502 e. The molecule has 0 saturated carbocycles. The summed E-state index contributed by atoms with van der Waals surface area (Å²) in [6.45, 7) is 0. The van der Waals surface area contributed by atoms with Gasteiger partial charge in [-0.2, -0.15) is 0 Å². The van der Waals surface area contributed by atoms with E-state index in [0.717, 1.165) is 17.4 Å². The van der Waals surface area contributed by atoms with E-state index in [-0.39, 0.29) is 11.3 Å². The zero-order valence-corrected chi connectivity index (χ0v) is 15.9. The van der Waals surface area contributed by atoms with Crippen LogP contribution in [0.3, 0.4) is 0 Å². The van der Waals surface area contributed by atoms with Crippen molar-refractivity contribution in [1.82, 2.24) is 9.38 Å². The van der Waals surface area contributed by atoms with Crippen LogP contribution in [-0.4, -0.2) is 27.5 Å². The van der Waals surface area contributed by atoms with E-state index in [1.54, 1.807) is 30.5 Å². The molecule has 0 unspecified atom stereocenters. The van der Waals surface area contributed by atoms with Crippen LogP contribution in [0.15, 0.2) is 47.4 Å². The Morgan fingerprint density at radius 1 is 1.34 bits per heavy atom. The second kappa shape index (κ2) is 7.02. The molecule has 0 spiro atoms. The average Bonchev–Trinajstić information content (AvgIpc) is 3.24. The lowest BCUT2D eigenvalue weighted by Crippen LogP contribution is -2.22. The normalized spacial score (nSPS) is 11.9. The number of fused-ring (bicyclic) bond motifs is 1. The first-order valence-corrected chi connectivity index (χ1v) is 9.19. The van der Waals surface area contributed by atoms with Gasteiger partial charge in [0.2, 0.25) is 5.91 Å². The molecule has 146 valence electrons. The largest absolute Gasteiger partial charge is 0.502 e. The van der Waals surface area contributed by atoms with Gasteiger partial charge < -0.3 is 15.6 Å². The number of thiazole rings is 1. The van der Waals surface area contributed by atoms with Crippen LogP contribution in [0.2, 0.25) is 0 Å². The van der Waals surface area contributed by atoms with Crippen LogP contribution in [0.4, 0.5) is 4.39 Å². The number of nitrogens with zero attached hydrogens (tertiary/aromatic N) is 2. The van der Waals surface area contributed by atoms with Gasteiger partial charge in [-0.25, -0.2) is 9.37 Å². The number of carbonyl (C=O) groups excluding carboxylic acids is 1. The number of aromatic nitrogens is 2. The van der Waals surface area contributed by atoms with Crippen molar-refractivity contribution in [3.63, 3.8) is 0 Å². The summed E-state index contributed by atoms with van der Waals surface area (Å²) in [6.07, 6.45) is 3.07. The predicted molar refractivity (Wildman–Crippen MR) is 107 cm³/mol. The number of amides is 1. The lowest BCUT2D eigenvalue weighted by Gasteiger charge is -2.04. The van der Waals surface area contributed by atoms with Gasteiger partial charge in [-0.1, -0.05) is 23.5 Å². The van der Waals surface area contributed by atoms with Gasteiger partial charge in [-0.3, -0.25) is 14.0 Å². The van der Waals surface area contributed by atoms with Gasteiger partial charge in [0.15, 0.2) is 22.3 Å². The maximum absolute atomic E-state index is 13.8. The summed E-state index contributed by atoms with van der Waals surface area (Å²) < 4.78 is 20.5. The van der Waals surface area contributed by atoms with Crippen molar-refractivity contribution in [2.75, 3.05) is 7.11 Å². The number of halogens is 1. The number of ether oxygens (including phenoxy) is 1. The molecule has 0 bridgehead atoms. The average molecular weight is 411 g/mol. The smallest absolute Gasteiger partial charge is 0.274 e. The molecular formula is C20H14FN3O4S. The van der Waals surface area contributed by atoms with Gasteiger partial charge in [-0.15, -0.1) is 0 Å². The molecule has 4 rings (SSSR count).